The first-order valence-electron chi connectivity index (χ1n) is 10.2. The average molecular weight is 457 g/mol. The van der Waals surface area contributed by atoms with Crippen LogP contribution in [0.25, 0.3) is 0 Å². The number of ketones is 1. The van der Waals surface area contributed by atoms with Crippen molar-refractivity contribution in [1.82, 2.24) is 5.32 Å². The van der Waals surface area contributed by atoms with Crippen molar-refractivity contribution < 1.29 is 24.0 Å². The molecule has 2 amide bonds. The molecule has 0 radical (unpaired) electrons. The Morgan fingerprint density at radius 3 is 2.78 bits per heavy atom. The fraction of sp³-hybridized carbons (Fsp3) is 0.318. The maximum absolute atomic E-state index is 12.4. The zero-order chi connectivity index (χ0) is 22.7. The van der Waals surface area contributed by atoms with Crippen molar-refractivity contribution in [3.63, 3.8) is 0 Å². The molecule has 2 heterocycles. The van der Waals surface area contributed by atoms with Crippen LogP contribution >= 0.6 is 11.8 Å². The molecule has 2 atom stereocenters. The molecule has 0 aromatic heterocycles. The first-order valence-corrected chi connectivity index (χ1v) is 11.1. The summed E-state index contributed by atoms with van der Waals surface area (Å²) in [6.07, 6.45) is -0.930. The van der Waals surface area contributed by atoms with Gasteiger partial charge in [0.2, 0.25) is 0 Å². The highest BCUT2D eigenvalue weighted by molar-refractivity contribution is 8.00. The third-order valence-corrected chi connectivity index (χ3v) is 6.43. The van der Waals surface area contributed by atoms with E-state index in [-0.39, 0.29) is 23.5 Å². The predicted molar refractivity (Wildman–Crippen MR) is 122 cm³/mol. The molecule has 0 saturated carbocycles. The Balaban J connectivity index is 1.37. The van der Waals surface area contributed by atoms with Crippen molar-refractivity contribution >= 4 is 46.6 Å². The van der Waals surface area contributed by atoms with E-state index in [0.717, 1.165) is 16.3 Å². The van der Waals surface area contributed by atoms with Crippen molar-refractivity contribution in [3.05, 3.63) is 48.0 Å². The summed E-state index contributed by atoms with van der Waals surface area (Å²) in [7, 11) is 1.51. The molecule has 4 rings (SSSR count). The number of fused-ring (bicyclic) bond motifs is 1. The van der Waals surface area contributed by atoms with Gasteiger partial charge in [-0.3, -0.25) is 24.8 Å². The number of rotatable bonds is 6. The summed E-state index contributed by atoms with van der Waals surface area (Å²) in [5.74, 6) is -0.122. The number of carbonyl (C=O) groups is 3. The van der Waals surface area contributed by atoms with Gasteiger partial charge in [0.1, 0.15) is 6.10 Å². The minimum atomic E-state index is -0.467. The smallest absolute Gasteiger partial charge is 0.414 e. The molecular formula is C22H24N4O5S. The fourth-order valence-electron chi connectivity index (χ4n) is 3.46. The molecule has 2 aromatic carbocycles. The third-order valence-electron chi connectivity index (χ3n) is 5.22. The van der Waals surface area contributed by atoms with Crippen molar-refractivity contribution in [2.45, 2.75) is 23.2 Å². The van der Waals surface area contributed by atoms with E-state index in [1.807, 2.05) is 25.1 Å². The highest BCUT2D eigenvalue weighted by Gasteiger charge is 2.33. The van der Waals surface area contributed by atoms with Crippen LogP contribution in [0.5, 0.6) is 0 Å². The second kappa shape index (κ2) is 9.49. The Kier molecular flexibility index (Phi) is 6.52. The van der Waals surface area contributed by atoms with Crippen LogP contribution in [0.15, 0.2) is 47.4 Å². The first-order chi connectivity index (χ1) is 15.4. The van der Waals surface area contributed by atoms with E-state index in [1.165, 1.54) is 18.9 Å². The minimum absolute atomic E-state index is 0.133. The summed E-state index contributed by atoms with van der Waals surface area (Å²) in [4.78, 5) is 44.1. The lowest BCUT2D eigenvalue weighted by atomic mass is 10.2. The zero-order valence-electron chi connectivity index (χ0n) is 17.7. The normalized spacial score (nSPS) is 20.1. The zero-order valence-corrected chi connectivity index (χ0v) is 18.5. The highest BCUT2D eigenvalue weighted by Crippen LogP contribution is 2.37. The highest BCUT2D eigenvalue weighted by atomic mass is 32.2. The first kappa shape index (κ1) is 22.0. The number of Topliss-reactive ketones (excluding diaryl/α,β-unsaturated/α-hetero) is 1. The van der Waals surface area contributed by atoms with Crippen LogP contribution in [0.2, 0.25) is 0 Å². The maximum atomic E-state index is 12.4. The second-order valence-electron chi connectivity index (χ2n) is 7.47. The van der Waals surface area contributed by atoms with Crippen molar-refractivity contribution in [1.29, 1.82) is 0 Å². The van der Waals surface area contributed by atoms with E-state index >= 15 is 0 Å². The lowest BCUT2D eigenvalue weighted by molar-refractivity contribution is -0.116. The Morgan fingerprint density at radius 1 is 1.25 bits per heavy atom. The maximum Gasteiger partial charge on any atom is 0.414 e. The molecule has 2 unspecified atom stereocenters. The molecular weight excluding hydrogens is 432 g/mol. The largest absolute Gasteiger partial charge is 0.442 e. The van der Waals surface area contributed by atoms with Crippen molar-refractivity contribution in [3.8, 4) is 0 Å². The number of hydrogen-bond acceptors (Lipinski definition) is 8. The van der Waals surface area contributed by atoms with Gasteiger partial charge in [-0.2, -0.15) is 0 Å². The van der Waals surface area contributed by atoms with Crippen LogP contribution in [0.4, 0.5) is 21.9 Å². The molecule has 0 bridgehead atoms. The van der Waals surface area contributed by atoms with Gasteiger partial charge in [-0.05, 0) is 49.4 Å². The lowest BCUT2D eigenvalue weighted by Crippen LogP contribution is -2.34. The van der Waals surface area contributed by atoms with Crippen LogP contribution < -0.4 is 21.0 Å². The van der Waals surface area contributed by atoms with Gasteiger partial charge in [-0.1, -0.05) is 0 Å². The molecule has 3 N–H and O–H groups in total. The summed E-state index contributed by atoms with van der Waals surface area (Å²) in [5, 5.41) is 5.79. The Morgan fingerprint density at radius 2 is 2.03 bits per heavy atom. The molecule has 32 heavy (non-hydrogen) atoms. The molecule has 1 saturated heterocycles. The van der Waals surface area contributed by atoms with Gasteiger partial charge >= 0.3 is 6.09 Å². The van der Waals surface area contributed by atoms with Crippen molar-refractivity contribution in [2.75, 3.05) is 42.4 Å². The molecule has 0 spiro atoms. The Bertz CT molecular complexity index is 1030. The van der Waals surface area contributed by atoms with Gasteiger partial charge < -0.3 is 15.4 Å². The van der Waals surface area contributed by atoms with E-state index < -0.39 is 12.2 Å². The topological polar surface area (TPSA) is 109 Å². The molecule has 2 aliphatic heterocycles. The van der Waals surface area contributed by atoms with Crippen LogP contribution in [-0.2, 0) is 14.4 Å². The number of benzene rings is 2. The molecule has 10 heteroatoms. The average Bonchev–Trinajstić information content (AvgIpc) is 3.10. The van der Waals surface area contributed by atoms with Gasteiger partial charge in [-0.15, -0.1) is 11.8 Å². The van der Waals surface area contributed by atoms with Gasteiger partial charge in [0, 0.05) is 21.8 Å². The Labute approximate surface area is 189 Å². The minimum Gasteiger partial charge on any atom is -0.442 e. The summed E-state index contributed by atoms with van der Waals surface area (Å²) in [6.45, 7) is 2.69. The summed E-state index contributed by atoms with van der Waals surface area (Å²) in [6, 6.07) is 12.4. The van der Waals surface area contributed by atoms with E-state index in [9.17, 15) is 14.4 Å². The van der Waals surface area contributed by atoms with Crippen molar-refractivity contribution in [2.24, 2.45) is 0 Å². The lowest BCUT2D eigenvalue weighted by Gasteiger charge is -2.16. The molecule has 2 aromatic rings. The quantitative estimate of drug-likeness (QED) is 0.570. The van der Waals surface area contributed by atoms with E-state index in [0.29, 0.717) is 24.3 Å². The van der Waals surface area contributed by atoms with Gasteiger partial charge in [0.25, 0.3) is 5.91 Å². The number of amides is 2. The van der Waals surface area contributed by atoms with Crippen LogP contribution in [0, 0.1) is 0 Å². The molecule has 168 valence electrons. The van der Waals surface area contributed by atoms with E-state index in [1.54, 1.807) is 29.2 Å². The number of carbonyl (C=O) groups excluding carboxylic acids is 3. The fourth-order valence-corrected chi connectivity index (χ4v) is 4.51. The van der Waals surface area contributed by atoms with Gasteiger partial charge in [0.05, 0.1) is 37.7 Å². The monoisotopic (exact) mass is 456 g/mol. The SMILES string of the molecule is CONc1ccc(C(=O)NCC2CN(c3ccc4c(c3)SC(C)C(=O)CN4)C(=O)O2)cc1. The summed E-state index contributed by atoms with van der Waals surface area (Å²) in [5.41, 5.74) is 5.48. The summed E-state index contributed by atoms with van der Waals surface area (Å²) < 4.78 is 5.44. The molecule has 2 aliphatic rings. The Hall–Kier alpha value is -3.24. The van der Waals surface area contributed by atoms with E-state index in [2.05, 4.69) is 16.1 Å². The number of nitrogens with one attached hydrogen (secondary N) is 3. The van der Waals surface area contributed by atoms with Gasteiger partial charge in [-0.25, -0.2) is 4.79 Å². The second-order valence-corrected chi connectivity index (χ2v) is 8.85. The number of nitrogens with zero attached hydrogens (tertiary/aromatic N) is 1. The number of thioether (sulfide) groups is 1. The van der Waals surface area contributed by atoms with Crippen LogP contribution in [-0.4, -0.2) is 55.9 Å². The number of anilines is 3. The number of hydrogen-bond donors (Lipinski definition) is 3. The van der Waals surface area contributed by atoms with Crippen LogP contribution in [0.3, 0.4) is 0 Å². The van der Waals surface area contributed by atoms with Crippen LogP contribution in [0.1, 0.15) is 17.3 Å². The van der Waals surface area contributed by atoms with Gasteiger partial charge in [0.15, 0.2) is 5.78 Å². The standard InChI is InChI=1S/C22H24N4O5S/c1-13-19(27)11-23-18-8-7-16(9-20(18)32-13)26-12-17(31-22(26)29)10-24-21(28)14-3-5-15(6-4-14)25-30-2/h3-9,13,17,23,25H,10-12H2,1-2H3,(H,24,28). The molecule has 0 aliphatic carbocycles. The number of cyclic esters (lactones) is 1. The number of ether oxygens (including phenoxy) is 1. The predicted octanol–water partition coefficient (Wildman–Crippen LogP) is 2.89. The summed E-state index contributed by atoms with van der Waals surface area (Å²) >= 11 is 1.47. The van der Waals surface area contributed by atoms with E-state index in [4.69, 9.17) is 9.57 Å². The molecule has 9 nitrogen and oxygen atoms in total. The third kappa shape index (κ3) is 4.81. The molecule has 1 fully saturated rings.